The van der Waals surface area contributed by atoms with Gasteiger partial charge in [0.15, 0.2) is 0 Å². The number of amides is 1. The van der Waals surface area contributed by atoms with Crippen LogP contribution in [0.15, 0.2) is 48.5 Å². The fourth-order valence-electron chi connectivity index (χ4n) is 3.52. The normalized spacial score (nSPS) is 16.6. The third kappa shape index (κ3) is 6.20. The summed E-state index contributed by atoms with van der Waals surface area (Å²) in [4.78, 5) is 17.5. The Bertz CT molecular complexity index is 785. The first kappa shape index (κ1) is 21.6. The van der Waals surface area contributed by atoms with Crippen LogP contribution in [0.2, 0.25) is 5.02 Å². The largest absolute Gasteiger partial charge is 0.491 e. The van der Waals surface area contributed by atoms with E-state index < -0.39 is 0 Å². The molecule has 29 heavy (non-hydrogen) atoms. The minimum atomic E-state index is -0.0748. The van der Waals surface area contributed by atoms with Gasteiger partial charge in [-0.05, 0) is 62.9 Å². The summed E-state index contributed by atoms with van der Waals surface area (Å²) in [5, 5.41) is 3.83. The molecule has 1 heterocycles. The van der Waals surface area contributed by atoms with Gasteiger partial charge in [-0.2, -0.15) is 0 Å². The Balaban J connectivity index is 1.67. The van der Waals surface area contributed by atoms with Crippen LogP contribution in [0.25, 0.3) is 0 Å². The number of likely N-dealkylation sites (N-methyl/N-ethyl adjacent to an activating group) is 1. The van der Waals surface area contributed by atoms with Gasteiger partial charge in [-0.3, -0.25) is 9.69 Å². The van der Waals surface area contributed by atoms with Crippen LogP contribution in [0.1, 0.15) is 35.8 Å². The lowest BCUT2D eigenvalue weighted by Gasteiger charge is -2.38. The maximum absolute atomic E-state index is 12.7. The maximum Gasteiger partial charge on any atom is 0.251 e. The fraction of sp³-hybridized carbons (Fsp3) is 0.435. The van der Waals surface area contributed by atoms with Crippen molar-refractivity contribution in [3.8, 4) is 5.75 Å². The van der Waals surface area contributed by atoms with Gasteiger partial charge in [-0.15, -0.1) is 0 Å². The Morgan fingerprint density at radius 1 is 1.03 bits per heavy atom. The number of ether oxygens (including phenoxy) is 1. The topological polar surface area (TPSA) is 44.8 Å². The molecule has 0 aliphatic carbocycles. The molecule has 0 saturated carbocycles. The van der Waals surface area contributed by atoms with Gasteiger partial charge in [-0.25, -0.2) is 0 Å². The van der Waals surface area contributed by atoms with Crippen LogP contribution < -0.4 is 10.1 Å². The van der Waals surface area contributed by atoms with Crippen LogP contribution in [-0.4, -0.2) is 61.6 Å². The SMILES string of the molecule is CC(C)Oc1ccc(C(=O)NCC(c2ccc(Cl)cc2)N2CCN(C)CC2)cc1. The summed E-state index contributed by atoms with van der Waals surface area (Å²) < 4.78 is 5.65. The summed E-state index contributed by atoms with van der Waals surface area (Å²) in [5.74, 6) is 0.696. The van der Waals surface area contributed by atoms with E-state index in [1.165, 1.54) is 5.56 Å². The highest BCUT2D eigenvalue weighted by atomic mass is 35.5. The number of benzene rings is 2. The number of nitrogens with one attached hydrogen (secondary N) is 1. The van der Waals surface area contributed by atoms with Crippen molar-refractivity contribution in [2.24, 2.45) is 0 Å². The number of rotatable bonds is 7. The van der Waals surface area contributed by atoms with Crippen molar-refractivity contribution in [2.45, 2.75) is 26.0 Å². The van der Waals surface area contributed by atoms with E-state index in [2.05, 4.69) is 34.3 Å². The average Bonchev–Trinajstić information content (AvgIpc) is 2.70. The Labute approximate surface area is 178 Å². The molecule has 1 fully saturated rings. The number of hydrogen-bond donors (Lipinski definition) is 1. The molecule has 1 amide bonds. The minimum Gasteiger partial charge on any atom is -0.491 e. The first-order valence-electron chi connectivity index (χ1n) is 10.2. The van der Waals surface area contributed by atoms with Crippen LogP contribution in [-0.2, 0) is 0 Å². The zero-order valence-corrected chi connectivity index (χ0v) is 18.2. The second kappa shape index (κ2) is 10.1. The quantitative estimate of drug-likeness (QED) is 0.746. The zero-order chi connectivity index (χ0) is 20.8. The smallest absolute Gasteiger partial charge is 0.251 e. The van der Waals surface area contributed by atoms with Gasteiger partial charge in [0.05, 0.1) is 12.1 Å². The Kier molecular flexibility index (Phi) is 7.53. The highest BCUT2D eigenvalue weighted by molar-refractivity contribution is 6.30. The molecule has 0 spiro atoms. The molecular formula is C23H30ClN3O2. The molecule has 6 heteroatoms. The highest BCUT2D eigenvalue weighted by Crippen LogP contribution is 2.23. The summed E-state index contributed by atoms with van der Waals surface area (Å²) in [5.41, 5.74) is 1.80. The van der Waals surface area contributed by atoms with E-state index >= 15 is 0 Å². The number of halogens is 1. The molecule has 1 aliphatic heterocycles. The first-order valence-corrected chi connectivity index (χ1v) is 10.5. The molecule has 156 valence electrons. The molecule has 5 nitrogen and oxygen atoms in total. The van der Waals surface area contributed by atoms with E-state index in [0.29, 0.717) is 12.1 Å². The molecule has 1 unspecified atom stereocenters. The molecule has 1 aliphatic rings. The molecule has 1 N–H and O–H groups in total. The van der Waals surface area contributed by atoms with E-state index in [1.54, 1.807) is 12.1 Å². The van der Waals surface area contributed by atoms with Crippen molar-refractivity contribution in [3.05, 3.63) is 64.7 Å². The van der Waals surface area contributed by atoms with Crippen molar-refractivity contribution in [1.82, 2.24) is 15.1 Å². The summed E-state index contributed by atoms with van der Waals surface area (Å²) in [6, 6.07) is 15.3. The van der Waals surface area contributed by atoms with Gasteiger partial charge < -0.3 is 15.0 Å². The molecule has 1 atom stereocenters. The standard InChI is InChI=1S/C23H30ClN3O2/c1-17(2)29-21-10-6-19(7-11-21)23(28)25-16-22(18-4-8-20(24)9-5-18)27-14-12-26(3)13-15-27/h4-11,17,22H,12-16H2,1-3H3,(H,25,28). The second-order valence-electron chi connectivity index (χ2n) is 7.81. The number of piperazine rings is 1. The summed E-state index contributed by atoms with van der Waals surface area (Å²) in [6.07, 6.45) is 0.110. The van der Waals surface area contributed by atoms with Crippen molar-refractivity contribution in [3.63, 3.8) is 0 Å². The Morgan fingerprint density at radius 2 is 1.66 bits per heavy atom. The summed E-state index contributed by atoms with van der Waals surface area (Å²) in [6.45, 7) is 8.51. The molecular weight excluding hydrogens is 386 g/mol. The average molecular weight is 416 g/mol. The van der Waals surface area contributed by atoms with Gasteiger partial charge in [0.1, 0.15) is 5.75 Å². The third-order valence-electron chi connectivity index (χ3n) is 5.18. The summed E-state index contributed by atoms with van der Waals surface area (Å²) in [7, 11) is 2.14. The van der Waals surface area contributed by atoms with E-state index in [0.717, 1.165) is 37.0 Å². The Morgan fingerprint density at radius 3 is 2.24 bits per heavy atom. The zero-order valence-electron chi connectivity index (χ0n) is 17.4. The number of nitrogens with zero attached hydrogens (tertiary/aromatic N) is 2. The lowest BCUT2D eigenvalue weighted by atomic mass is 10.0. The van der Waals surface area contributed by atoms with Crippen molar-refractivity contribution >= 4 is 17.5 Å². The van der Waals surface area contributed by atoms with Crippen LogP contribution in [0.3, 0.4) is 0 Å². The van der Waals surface area contributed by atoms with E-state index in [9.17, 15) is 4.79 Å². The third-order valence-corrected chi connectivity index (χ3v) is 5.43. The molecule has 0 aromatic heterocycles. The lowest BCUT2D eigenvalue weighted by molar-refractivity contribution is 0.0886. The molecule has 0 bridgehead atoms. The predicted octanol–water partition coefficient (Wildman–Crippen LogP) is 3.85. The second-order valence-corrected chi connectivity index (χ2v) is 8.24. The molecule has 2 aromatic carbocycles. The first-order chi connectivity index (χ1) is 13.9. The van der Waals surface area contributed by atoms with E-state index in [4.69, 9.17) is 16.3 Å². The van der Waals surface area contributed by atoms with Crippen LogP contribution >= 0.6 is 11.6 Å². The maximum atomic E-state index is 12.7. The van der Waals surface area contributed by atoms with Crippen LogP contribution in [0.5, 0.6) is 5.75 Å². The lowest BCUT2D eigenvalue weighted by Crippen LogP contribution is -2.48. The predicted molar refractivity (Wildman–Crippen MR) is 118 cm³/mol. The van der Waals surface area contributed by atoms with Gasteiger partial charge in [0.2, 0.25) is 0 Å². The molecule has 0 radical (unpaired) electrons. The number of hydrogen-bond acceptors (Lipinski definition) is 4. The van der Waals surface area contributed by atoms with Crippen LogP contribution in [0.4, 0.5) is 0 Å². The van der Waals surface area contributed by atoms with E-state index in [-0.39, 0.29) is 18.1 Å². The minimum absolute atomic E-state index is 0.0748. The van der Waals surface area contributed by atoms with Crippen molar-refractivity contribution in [2.75, 3.05) is 39.8 Å². The van der Waals surface area contributed by atoms with Crippen molar-refractivity contribution < 1.29 is 9.53 Å². The molecule has 1 saturated heterocycles. The van der Waals surface area contributed by atoms with Gasteiger partial charge >= 0.3 is 0 Å². The van der Waals surface area contributed by atoms with Gasteiger partial charge in [-0.1, -0.05) is 23.7 Å². The highest BCUT2D eigenvalue weighted by Gasteiger charge is 2.24. The van der Waals surface area contributed by atoms with Gasteiger partial charge in [0, 0.05) is 43.3 Å². The Hall–Kier alpha value is -2.08. The number of carbonyl (C=O) groups is 1. The van der Waals surface area contributed by atoms with Gasteiger partial charge in [0.25, 0.3) is 5.91 Å². The van der Waals surface area contributed by atoms with E-state index in [1.807, 2.05) is 38.1 Å². The molecule has 3 rings (SSSR count). The summed E-state index contributed by atoms with van der Waals surface area (Å²) >= 11 is 6.07. The van der Waals surface area contributed by atoms with Crippen LogP contribution in [0, 0.1) is 0 Å². The van der Waals surface area contributed by atoms with Crippen molar-refractivity contribution in [1.29, 1.82) is 0 Å². The molecule has 2 aromatic rings. The monoisotopic (exact) mass is 415 g/mol. The number of carbonyl (C=O) groups excluding carboxylic acids is 1. The fourth-order valence-corrected chi connectivity index (χ4v) is 3.65.